The first kappa shape index (κ1) is 27.0. The third-order valence-corrected chi connectivity index (χ3v) is 4.32. The molecule has 0 aliphatic rings. The van der Waals surface area contributed by atoms with Crippen LogP contribution in [0.5, 0.6) is 0 Å². The number of hydrogen-bond acceptors (Lipinski definition) is 3. The fraction of sp³-hybridized carbons (Fsp3) is 0.174. The van der Waals surface area contributed by atoms with Gasteiger partial charge in [-0.2, -0.15) is 0 Å². The molecule has 152 valence electrons. The molecule has 6 heteroatoms. The number of pyridine rings is 1. The summed E-state index contributed by atoms with van der Waals surface area (Å²) in [4.78, 5) is 13.9. The van der Waals surface area contributed by atoms with Gasteiger partial charge < -0.3 is 24.8 Å². The molecule has 0 amide bonds. The molecule has 0 unspecified atom stereocenters. The smallest absolute Gasteiger partial charge is 1.00 e. The quantitative estimate of drug-likeness (QED) is 0.387. The van der Waals surface area contributed by atoms with Gasteiger partial charge in [-0.25, -0.2) is 4.98 Å². The zero-order valence-corrected chi connectivity index (χ0v) is 19.4. The van der Waals surface area contributed by atoms with E-state index in [0.29, 0.717) is 0 Å². The van der Waals surface area contributed by atoms with Crippen LogP contribution in [0, 0.1) is 27.7 Å². The van der Waals surface area contributed by atoms with Crippen molar-refractivity contribution in [3.8, 4) is 0 Å². The van der Waals surface area contributed by atoms with Crippen molar-refractivity contribution in [1.29, 1.82) is 0 Å². The van der Waals surface area contributed by atoms with Crippen LogP contribution in [0.15, 0.2) is 64.6 Å². The number of nitrogens with zero attached hydrogens (tertiary/aromatic N) is 3. The maximum Gasteiger partial charge on any atom is 2.00 e. The van der Waals surface area contributed by atoms with Crippen LogP contribution in [0.4, 0.5) is 11.4 Å². The number of benzene rings is 2. The Hall–Kier alpha value is -1.97. The van der Waals surface area contributed by atoms with Crippen LogP contribution in [0.3, 0.4) is 0 Å². The predicted octanol–water partition coefficient (Wildman–Crippen LogP) is -0.178. The maximum absolute atomic E-state index is 4.63. The molecule has 0 fully saturated rings. The molecule has 0 aliphatic carbocycles. The number of hydrogen-bond donors (Lipinski definition) is 0. The van der Waals surface area contributed by atoms with Gasteiger partial charge in [-0.15, -0.1) is 0 Å². The van der Waals surface area contributed by atoms with Crippen molar-refractivity contribution < 1.29 is 41.9 Å². The summed E-state index contributed by atoms with van der Waals surface area (Å²) in [6.45, 7) is 8.28. The van der Waals surface area contributed by atoms with Crippen molar-refractivity contribution in [2.75, 3.05) is 0 Å². The summed E-state index contributed by atoms with van der Waals surface area (Å²) in [5.74, 6) is 0. The molecule has 0 saturated heterocycles. The molecular weight excluding hydrogens is 445 g/mol. The molecule has 0 atom stereocenters. The first-order valence-electron chi connectivity index (χ1n) is 8.72. The maximum atomic E-state index is 4.63. The molecule has 2 aromatic carbocycles. The molecular formula is C23H23Cl2FeN3. The number of rotatable bonds is 4. The van der Waals surface area contributed by atoms with Crippen LogP contribution >= 0.6 is 0 Å². The van der Waals surface area contributed by atoms with E-state index in [9.17, 15) is 0 Å². The van der Waals surface area contributed by atoms with E-state index in [4.69, 9.17) is 0 Å². The fourth-order valence-corrected chi connectivity index (χ4v) is 2.89. The molecule has 3 nitrogen and oxygen atoms in total. The minimum Gasteiger partial charge on any atom is -1.00 e. The van der Waals surface area contributed by atoms with Crippen molar-refractivity contribution >= 4 is 23.8 Å². The monoisotopic (exact) mass is 467 g/mol. The van der Waals surface area contributed by atoms with E-state index in [1.54, 1.807) is 0 Å². The molecule has 29 heavy (non-hydrogen) atoms. The summed E-state index contributed by atoms with van der Waals surface area (Å²) in [5.41, 5.74) is 8.29. The van der Waals surface area contributed by atoms with E-state index in [-0.39, 0.29) is 41.9 Å². The Morgan fingerprint density at radius 2 is 0.897 bits per heavy atom. The molecule has 0 radical (unpaired) electrons. The van der Waals surface area contributed by atoms with Crippen LogP contribution in [-0.4, -0.2) is 17.4 Å². The van der Waals surface area contributed by atoms with E-state index < -0.39 is 0 Å². The van der Waals surface area contributed by atoms with Gasteiger partial charge in [-0.3, -0.25) is 9.98 Å². The molecule has 1 heterocycles. The zero-order valence-electron chi connectivity index (χ0n) is 16.8. The summed E-state index contributed by atoms with van der Waals surface area (Å²) in [7, 11) is 0. The van der Waals surface area contributed by atoms with Crippen molar-refractivity contribution in [2.45, 2.75) is 27.7 Å². The minimum atomic E-state index is 0. The number of aliphatic imine (C=N–C) groups is 2. The first-order valence-corrected chi connectivity index (χ1v) is 8.72. The van der Waals surface area contributed by atoms with Crippen molar-refractivity contribution in [2.24, 2.45) is 9.98 Å². The van der Waals surface area contributed by atoms with Crippen LogP contribution in [0.25, 0.3) is 0 Å². The molecule has 3 rings (SSSR count). The summed E-state index contributed by atoms with van der Waals surface area (Å²) < 4.78 is 0. The van der Waals surface area contributed by atoms with Crippen molar-refractivity contribution in [1.82, 2.24) is 4.98 Å². The molecule has 0 N–H and O–H groups in total. The van der Waals surface area contributed by atoms with Gasteiger partial charge >= 0.3 is 17.1 Å². The van der Waals surface area contributed by atoms with Crippen LogP contribution in [0.2, 0.25) is 0 Å². The standard InChI is InChI=1S/C23H23N3.2ClH.Fe/c1-16-8-5-9-17(2)22(16)24-14-20-12-7-13-21(26-20)15-25-23-18(3)10-6-11-19(23)4;;;/h5-15H,1-4H3;2*1H;/q;;;+2/p-2. The Morgan fingerprint density at radius 1 is 0.586 bits per heavy atom. The van der Waals surface area contributed by atoms with E-state index in [1.165, 1.54) is 0 Å². The summed E-state index contributed by atoms with van der Waals surface area (Å²) in [6.07, 6.45) is 3.62. The second kappa shape index (κ2) is 12.6. The molecule has 0 bridgehead atoms. The minimum absolute atomic E-state index is 0. The van der Waals surface area contributed by atoms with Crippen molar-refractivity contribution in [3.63, 3.8) is 0 Å². The molecule has 0 spiro atoms. The van der Waals surface area contributed by atoms with E-state index in [1.807, 2.05) is 42.8 Å². The Bertz CT molecular complexity index is 884. The van der Waals surface area contributed by atoms with E-state index >= 15 is 0 Å². The third kappa shape index (κ3) is 7.09. The Balaban J connectivity index is 0.00000261. The second-order valence-electron chi connectivity index (χ2n) is 6.48. The Labute approximate surface area is 196 Å². The van der Waals surface area contributed by atoms with Crippen LogP contribution in [0.1, 0.15) is 33.6 Å². The van der Waals surface area contributed by atoms with Gasteiger partial charge in [0.05, 0.1) is 35.2 Å². The molecule has 1 aromatic heterocycles. The fourth-order valence-electron chi connectivity index (χ4n) is 2.89. The van der Waals surface area contributed by atoms with Crippen LogP contribution in [-0.2, 0) is 17.1 Å². The van der Waals surface area contributed by atoms with E-state index in [0.717, 1.165) is 45.0 Å². The largest absolute Gasteiger partial charge is 2.00 e. The Kier molecular flexibility index (Phi) is 11.7. The number of halogens is 2. The summed E-state index contributed by atoms with van der Waals surface area (Å²) in [6, 6.07) is 18.3. The first-order chi connectivity index (χ1) is 12.5. The van der Waals surface area contributed by atoms with Gasteiger partial charge in [0.2, 0.25) is 0 Å². The molecule has 3 aromatic rings. The van der Waals surface area contributed by atoms with Gasteiger partial charge in [0.15, 0.2) is 0 Å². The molecule has 0 saturated carbocycles. The molecule has 0 aliphatic heterocycles. The van der Waals surface area contributed by atoms with Crippen LogP contribution < -0.4 is 24.8 Å². The van der Waals surface area contributed by atoms with Gasteiger partial charge in [-0.05, 0) is 62.1 Å². The third-order valence-electron chi connectivity index (χ3n) is 4.32. The van der Waals surface area contributed by atoms with Gasteiger partial charge in [0.25, 0.3) is 0 Å². The van der Waals surface area contributed by atoms with Gasteiger partial charge in [0, 0.05) is 0 Å². The average Bonchev–Trinajstić information content (AvgIpc) is 2.61. The van der Waals surface area contributed by atoms with Gasteiger partial charge in [-0.1, -0.05) is 42.5 Å². The SMILES string of the molecule is Cc1cccc(C)c1N=Cc1cccc(C=Nc2c(C)cccc2C)n1.[Cl-].[Cl-].[Fe+2]. The Morgan fingerprint density at radius 3 is 1.24 bits per heavy atom. The number of aryl methyl sites for hydroxylation is 4. The summed E-state index contributed by atoms with van der Waals surface area (Å²) >= 11 is 0. The number of aromatic nitrogens is 1. The predicted molar refractivity (Wildman–Crippen MR) is 111 cm³/mol. The normalized spacial score (nSPS) is 10.3. The summed E-state index contributed by atoms with van der Waals surface area (Å²) in [5, 5.41) is 0. The zero-order chi connectivity index (χ0) is 18.5. The van der Waals surface area contributed by atoms with Gasteiger partial charge in [0.1, 0.15) is 0 Å². The number of para-hydroxylation sites is 2. The second-order valence-corrected chi connectivity index (χ2v) is 6.48. The van der Waals surface area contributed by atoms with E-state index in [2.05, 4.69) is 66.9 Å². The average molecular weight is 468 g/mol. The topological polar surface area (TPSA) is 37.6 Å². The van der Waals surface area contributed by atoms with Crippen molar-refractivity contribution in [3.05, 3.63) is 88.2 Å².